The van der Waals surface area contributed by atoms with Gasteiger partial charge in [-0.2, -0.15) is 0 Å². The lowest BCUT2D eigenvalue weighted by Gasteiger charge is -2.49. The fourth-order valence-corrected chi connectivity index (χ4v) is 5.04. The second kappa shape index (κ2) is 7.40. The molecule has 2 amide bonds. The maximum Gasteiger partial charge on any atom is 0.280 e. The van der Waals surface area contributed by atoms with Gasteiger partial charge in [-0.25, -0.2) is 4.98 Å². The van der Waals surface area contributed by atoms with Crippen LogP contribution in [0.2, 0.25) is 0 Å². The molecule has 2 aromatic rings. The summed E-state index contributed by atoms with van der Waals surface area (Å²) in [6, 6.07) is 8.16. The summed E-state index contributed by atoms with van der Waals surface area (Å²) < 4.78 is 0. The second-order valence-electron chi connectivity index (χ2n) is 7.40. The average Bonchev–Trinajstić information content (AvgIpc) is 3.15. The molecular formula is C20H24N4O2S. The van der Waals surface area contributed by atoms with E-state index in [0.29, 0.717) is 17.0 Å². The molecule has 142 valence electrons. The Morgan fingerprint density at radius 2 is 2.04 bits per heavy atom. The normalized spacial score (nSPS) is 26.6. The molecule has 6 nitrogen and oxygen atoms in total. The number of amides is 2. The lowest BCUT2D eigenvalue weighted by atomic mass is 9.79. The number of aromatic nitrogens is 1. The van der Waals surface area contributed by atoms with Crippen LogP contribution in [0, 0.1) is 5.92 Å². The topological polar surface area (TPSA) is 74.3 Å². The van der Waals surface area contributed by atoms with Crippen LogP contribution in [0.4, 0.5) is 5.69 Å². The highest BCUT2D eigenvalue weighted by molar-refractivity contribution is 7.17. The number of nitrogens with one attached hydrogen (secondary N) is 2. The molecule has 0 spiro atoms. The van der Waals surface area contributed by atoms with E-state index in [1.165, 1.54) is 18.3 Å². The van der Waals surface area contributed by atoms with Gasteiger partial charge in [-0.15, -0.1) is 11.3 Å². The van der Waals surface area contributed by atoms with Crippen LogP contribution in [0.15, 0.2) is 30.5 Å². The van der Waals surface area contributed by atoms with Crippen molar-refractivity contribution < 1.29 is 9.59 Å². The molecular weight excluding hydrogens is 360 g/mol. The van der Waals surface area contributed by atoms with E-state index in [-0.39, 0.29) is 17.9 Å². The van der Waals surface area contributed by atoms with Gasteiger partial charge < -0.3 is 10.6 Å². The molecule has 3 saturated heterocycles. The van der Waals surface area contributed by atoms with Crippen LogP contribution in [-0.2, 0) is 4.79 Å². The summed E-state index contributed by atoms with van der Waals surface area (Å²) in [6.45, 7) is 5.98. The molecule has 7 heteroatoms. The first-order valence-electron chi connectivity index (χ1n) is 9.40. The third-order valence-corrected chi connectivity index (χ3v) is 6.69. The SMILES string of the molecule is CC(=O)Nc1cccc(-c2cnc(C(=O)N[C@@H]3C4CCN(CC4)[C@@H]3C)s2)c1. The van der Waals surface area contributed by atoms with E-state index in [0.717, 1.165) is 42.1 Å². The first-order valence-corrected chi connectivity index (χ1v) is 10.2. The average molecular weight is 385 g/mol. The van der Waals surface area contributed by atoms with Crippen molar-refractivity contribution in [3.8, 4) is 10.4 Å². The van der Waals surface area contributed by atoms with Crippen molar-refractivity contribution in [3.63, 3.8) is 0 Å². The summed E-state index contributed by atoms with van der Waals surface area (Å²) in [6.07, 6.45) is 4.05. The number of fused-ring (bicyclic) bond motifs is 3. The summed E-state index contributed by atoms with van der Waals surface area (Å²) >= 11 is 1.38. The Kier molecular flexibility index (Phi) is 4.97. The minimum atomic E-state index is -0.108. The van der Waals surface area contributed by atoms with Crippen LogP contribution in [0.3, 0.4) is 0 Å². The first kappa shape index (κ1) is 18.1. The molecule has 2 atom stereocenters. The van der Waals surface area contributed by atoms with Crippen molar-refractivity contribution in [1.29, 1.82) is 0 Å². The number of rotatable bonds is 4. The predicted molar refractivity (Wildman–Crippen MR) is 107 cm³/mol. The number of hydrogen-bond acceptors (Lipinski definition) is 5. The molecule has 0 radical (unpaired) electrons. The smallest absolute Gasteiger partial charge is 0.280 e. The lowest BCUT2D eigenvalue weighted by molar-refractivity contribution is -0.114. The number of nitrogens with zero attached hydrogens (tertiary/aromatic N) is 2. The van der Waals surface area contributed by atoms with Crippen molar-refractivity contribution in [1.82, 2.24) is 15.2 Å². The zero-order chi connectivity index (χ0) is 19.0. The maximum absolute atomic E-state index is 12.8. The highest BCUT2D eigenvalue weighted by atomic mass is 32.1. The van der Waals surface area contributed by atoms with Crippen molar-refractivity contribution in [2.75, 3.05) is 18.4 Å². The van der Waals surface area contributed by atoms with Crippen molar-refractivity contribution in [2.24, 2.45) is 5.92 Å². The van der Waals surface area contributed by atoms with E-state index in [2.05, 4.69) is 27.4 Å². The molecule has 3 fully saturated rings. The number of piperidine rings is 3. The standard InChI is InChI=1S/C20H24N4O2S/c1-12-18(14-6-8-24(12)9-7-14)23-19(26)20-21-11-17(27-20)15-4-3-5-16(10-15)22-13(2)25/h3-5,10-12,14,18H,6-9H2,1-2H3,(H,22,25)(H,23,26)/t12-,18+/m1/s1. The van der Waals surface area contributed by atoms with Crippen molar-refractivity contribution >= 4 is 28.8 Å². The Morgan fingerprint density at radius 1 is 1.26 bits per heavy atom. The summed E-state index contributed by atoms with van der Waals surface area (Å²) in [5.74, 6) is 0.376. The minimum absolute atomic E-state index is 0.0881. The van der Waals surface area contributed by atoms with Crippen LogP contribution in [0.1, 0.15) is 36.5 Å². The Labute approximate surface area is 163 Å². The summed E-state index contributed by atoms with van der Waals surface area (Å²) in [4.78, 5) is 31.7. The fourth-order valence-electron chi connectivity index (χ4n) is 4.22. The van der Waals surface area contributed by atoms with Gasteiger partial charge in [0.1, 0.15) is 0 Å². The molecule has 4 heterocycles. The van der Waals surface area contributed by atoms with Crippen LogP contribution < -0.4 is 10.6 Å². The Morgan fingerprint density at radius 3 is 2.74 bits per heavy atom. The lowest BCUT2D eigenvalue weighted by Crippen LogP contribution is -2.62. The van der Waals surface area contributed by atoms with Crippen LogP contribution >= 0.6 is 11.3 Å². The minimum Gasteiger partial charge on any atom is -0.345 e. The Balaban J connectivity index is 1.48. The van der Waals surface area contributed by atoms with Gasteiger partial charge in [0.2, 0.25) is 5.91 Å². The van der Waals surface area contributed by atoms with Crippen molar-refractivity contribution in [2.45, 2.75) is 38.8 Å². The quantitative estimate of drug-likeness (QED) is 0.850. The Hall–Kier alpha value is -2.25. The number of hydrogen-bond donors (Lipinski definition) is 2. The third-order valence-electron chi connectivity index (χ3n) is 5.64. The molecule has 2 N–H and O–H groups in total. The van der Waals surface area contributed by atoms with Crippen molar-refractivity contribution in [3.05, 3.63) is 35.5 Å². The molecule has 2 bridgehead atoms. The zero-order valence-electron chi connectivity index (χ0n) is 15.6. The van der Waals surface area contributed by atoms with E-state index in [4.69, 9.17) is 0 Å². The molecule has 27 heavy (non-hydrogen) atoms. The van der Waals surface area contributed by atoms with Gasteiger partial charge in [-0.1, -0.05) is 12.1 Å². The number of anilines is 1. The largest absolute Gasteiger partial charge is 0.345 e. The van der Waals surface area contributed by atoms with Crippen LogP contribution in [-0.4, -0.2) is 46.9 Å². The van der Waals surface area contributed by atoms with Gasteiger partial charge >= 0.3 is 0 Å². The molecule has 1 aromatic carbocycles. The van der Waals surface area contributed by atoms with Gasteiger partial charge in [0.05, 0.1) is 4.88 Å². The predicted octanol–water partition coefficient (Wildman–Crippen LogP) is 2.98. The molecule has 0 aliphatic carbocycles. The molecule has 5 rings (SSSR count). The van der Waals surface area contributed by atoms with Gasteiger partial charge in [-0.05, 0) is 56.5 Å². The molecule has 0 unspecified atom stereocenters. The highest BCUT2D eigenvalue weighted by Crippen LogP contribution is 2.33. The van der Waals surface area contributed by atoms with Crippen LogP contribution in [0.5, 0.6) is 0 Å². The summed E-state index contributed by atoms with van der Waals surface area (Å²) in [5, 5.41) is 6.49. The highest BCUT2D eigenvalue weighted by Gasteiger charge is 2.40. The monoisotopic (exact) mass is 384 g/mol. The van der Waals surface area contributed by atoms with E-state index in [1.807, 2.05) is 24.3 Å². The molecule has 3 aliphatic rings. The first-order chi connectivity index (χ1) is 13.0. The second-order valence-corrected chi connectivity index (χ2v) is 8.44. The number of carbonyl (C=O) groups excluding carboxylic acids is 2. The van der Waals surface area contributed by atoms with Gasteiger partial charge in [0.15, 0.2) is 5.01 Å². The number of benzene rings is 1. The fraction of sp³-hybridized carbons (Fsp3) is 0.450. The number of thiazole rings is 1. The van der Waals surface area contributed by atoms with Gasteiger partial charge in [0.25, 0.3) is 5.91 Å². The summed E-state index contributed by atoms with van der Waals surface area (Å²) in [7, 11) is 0. The van der Waals surface area contributed by atoms with Gasteiger partial charge in [0, 0.05) is 30.9 Å². The number of carbonyl (C=O) groups is 2. The molecule has 3 aliphatic heterocycles. The van der Waals surface area contributed by atoms with Gasteiger partial charge in [-0.3, -0.25) is 14.5 Å². The zero-order valence-corrected chi connectivity index (χ0v) is 16.4. The summed E-state index contributed by atoms with van der Waals surface area (Å²) in [5.41, 5.74) is 1.68. The van der Waals surface area contributed by atoms with E-state index < -0.39 is 0 Å². The molecule has 0 saturated carbocycles. The van der Waals surface area contributed by atoms with E-state index >= 15 is 0 Å². The Bertz CT molecular complexity index is 855. The molecule has 1 aromatic heterocycles. The van der Waals surface area contributed by atoms with Crippen LogP contribution in [0.25, 0.3) is 10.4 Å². The maximum atomic E-state index is 12.8. The van der Waals surface area contributed by atoms with E-state index in [1.54, 1.807) is 6.20 Å². The third kappa shape index (κ3) is 3.75. The van der Waals surface area contributed by atoms with E-state index in [9.17, 15) is 9.59 Å².